The highest BCUT2D eigenvalue weighted by Gasteiger charge is 2.62. The molecule has 3 unspecified atom stereocenters. The average Bonchev–Trinajstić information content (AvgIpc) is 2.51. The first-order valence-corrected chi connectivity index (χ1v) is 7.09. The molecule has 0 aromatic heterocycles. The highest BCUT2D eigenvalue weighted by molar-refractivity contribution is 6.12. The lowest BCUT2D eigenvalue weighted by atomic mass is 9.69. The molecule has 1 saturated carbocycles. The molecule has 1 aromatic rings. The number of carbonyl (C=O) groups is 2. The Balaban J connectivity index is 2.35. The number of ketones is 1. The zero-order valence-electron chi connectivity index (χ0n) is 12.6. The van der Waals surface area contributed by atoms with Gasteiger partial charge in [0, 0.05) is 6.42 Å². The van der Waals surface area contributed by atoms with Crippen molar-refractivity contribution < 1.29 is 34.4 Å². The molecule has 3 atom stereocenters. The van der Waals surface area contributed by atoms with Crippen molar-refractivity contribution in [1.29, 1.82) is 0 Å². The van der Waals surface area contributed by atoms with Crippen molar-refractivity contribution in [2.75, 3.05) is 7.11 Å². The summed E-state index contributed by atoms with van der Waals surface area (Å²) in [6.07, 6.45) is -1.45. The second-order valence-corrected chi connectivity index (χ2v) is 5.75. The lowest BCUT2D eigenvalue weighted by Gasteiger charge is -2.45. The molecule has 1 aliphatic carbocycles. The maximum Gasteiger partial charge on any atom is 0.358 e. The van der Waals surface area contributed by atoms with Crippen LogP contribution in [0.25, 0.3) is 5.76 Å². The van der Waals surface area contributed by atoms with Crippen LogP contribution in [0.5, 0.6) is 11.5 Å². The van der Waals surface area contributed by atoms with Gasteiger partial charge < -0.3 is 24.8 Å². The Morgan fingerprint density at radius 3 is 2.74 bits per heavy atom. The molecule has 3 rings (SSSR count). The molecular weight excluding hydrogens is 304 g/mol. The van der Waals surface area contributed by atoms with E-state index in [-0.39, 0.29) is 29.1 Å². The first-order valence-electron chi connectivity index (χ1n) is 7.09. The summed E-state index contributed by atoms with van der Waals surface area (Å²) in [4.78, 5) is 24.8. The van der Waals surface area contributed by atoms with Gasteiger partial charge >= 0.3 is 5.97 Å². The topological polar surface area (TPSA) is 113 Å². The number of hydrogen-bond acceptors (Lipinski definition) is 7. The van der Waals surface area contributed by atoms with Crippen molar-refractivity contribution in [1.82, 2.24) is 0 Å². The summed E-state index contributed by atoms with van der Waals surface area (Å²) in [6.45, 7) is 1.60. The molecule has 0 radical (unpaired) electrons. The summed E-state index contributed by atoms with van der Waals surface area (Å²) in [7, 11) is 1.10. The molecule has 1 aromatic carbocycles. The predicted molar refractivity (Wildman–Crippen MR) is 77.8 cm³/mol. The van der Waals surface area contributed by atoms with Crippen LogP contribution >= 0.6 is 0 Å². The molecule has 0 amide bonds. The number of aliphatic hydroxyl groups is 2. The second-order valence-electron chi connectivity index (χ2n) is 5.75. The largest absolute Gasteiger partial charge is 0.507 e. The number of benzene rings is 1. The quantitative estimate of drug-likeness (QED) is 0.660. The highest BCUT2D eigenvalue weighted by atomic mass is 16.6. The summed E-state index contributed by atoms with van der Waals surface area (Å²) >= 11 is 0. The van der Waals surface area contributed by atoms with Gasteiger partial charge in [0.2, 0.25) is 0 Å². The molecule has 7 nitrogen and oxygen atoms in total. The van der Waals surface area contributed by atoms with Crippen molar-refractivity contribution >= 4 is 17.5 Å². The van der Waals surface area contributed by atoms with Gasteiger partial charge in [-0.25, -0.2) is 4.79 Å². The lowest BCUT2D eigenvalue weighted by molar-refractivity contribution is -0.173. The zero-order valence-corrected chi connectivity index (χ0v) is 12.6. The molecule has 0 spiro atoms. The van der Waals surface area contributed by atoms with Crippen molar-refractivity contribution in [2.45, 2.75) is 25.0 Å². The van der Waals surface area contributed by atoms with Gasteiger partial charge in [0.1, 0.15) is 28.9 Å². The van der Waals surface area contributed by atoms with Crippen molar-refractivity contribution in [3.05, 3.63) is 29.3 Å². The van der Waals surface area contributed by atoms with Gasteiger partial charge in [-0.1, -0.05) is 13.0 Å². The van der Waals surface area contributed by atoms with E-state index in [2.05, 4.69) is 0 Å². The van der Waals surface area contributed by atoms with Crippen LogP contribution in [0.3, 0.4) is 0 Å². The monoisotopic (exact) mass is 320 g/mol. The minimum atomic E-state index is -2.14. The number of phenolic OH excluding ortho intramolecular Hbond substituents is 1. The van der Waals surface area contributed by atoms with Crippen LogP contribution in [-0.2, 0) is 14.3 Å². The van der Waals surface area contributed by atoms with Crippen molar-refractivity contribution in [3.8, 4) is 11.5 Å². The number of aliphatic hydroxyl groups excluding tert-OH is 2. The summed E-state index contributed by atoms with van der Waals surface area (Å²) in [6, 6.07) is 4.19. The predicted octanol–water partition coefficient (Wildman–Crippen LogP) is 0.935. The molecule has 1 heterocycles. The van der Waals surface area contributed by atoms with Crippen LogP contribution < -0.4 is 4.74 Å². The highest BCUT2D eigenvalue weighted by Crippen LogP contribution is 2.49. The molecule has 1 fully saturated rings. The maximum absolute atomic E-state index is 12.4. The molecule has 0 saturated heterocycles. The van der Waals surface area contributed by atoms with Crippen molar-refractivity contribution in [3.63, 3.8) is 0 Å². The average molecular weight is 320 g/mol. The Kier molecular flexibility index (Phi) is 3.33. The first kappa shape index (κ1) is 15.4. The van der Waals surface area contributed by atoms with Crippen molar-refractivity contribution in [2.24, 2.45) is 5.92 Å². The van der Waals surface area contributed by atoms with Gasteiger partial charge in [0.25, 0.3) is 5.60 Å². The van der Waals surface area contributed by atoms with Crippen LogP contribution in [0, 0.1) is 5.92 Å². The van der Waals surface area contributed by atoms with E-state index in [4.69, 9.17) is 9.47 Å². The fourth-order valence-electron chi connectivity index (χ4n) is 3.24. The zero-order chi connectivity index (χ0) is 16.9. The van der Waals surface area contributed by atoms with Gasteiger partial charge in [0.15, 0.2) is 5.78 Å². The third-order valence-electron chi connectivity index (χ3n) is 4.35. The van der Waals surface area contributed by atoms with E-state index in [0.717, 1.165) is 7.11 Å². The fourth-order valence-corrected chi connectivity index (χ4v) is 3.24. The fraction of sp³-hybridized carbons (Fsp3) is 0.375. The Morgan fingerprint density at radius 2 is 2.09 bits per heavy atom. The van der Waals surface area contributed by atoms with Crippen LogP contribution in [0.4, 0.5) is 0 Å². The Bertz CT molecular complexity index is 736. The van der Waals surface area contributed by atoms with Gasteiger partial charge in [-0.2, -0.15) is 0 Å². The molecule has 0 bridgehead atoms. The minimum Gasteiger partial charge on any atom is -0.507 e. The van der Waals surface area contributed by atoms with E-state index in [1.54, 1.807) is 6.92 Å². The van der Waals surface area contributed by atoms with Gasteiger partial charge in [-0.05, 0) is 18.1 Å². The number of carbonyl (C=O) groups excluding carboxylic acids is 2. The van der Waals surface area contributed by atoms with E-state index < -0.39 is 35.1 Å². The Morgan fingerprint density at radius 1 is 1.39 bits per heavy atom. The summed E-state index contributed by atoms with van der Waals surface area (Å²) in [5.74, 6) is -2.99. The van der Waals surface area contributed by atoms with E-state index in [0.29, 0.717) is 0 Å². The van der Waals surface area contributed by atoms with Gasteiger partial charge in [0.05, 0.1) is 12.7 Å². The molecular formula is C16H16O7. The number of aromatic hydroxyl groups is 1. The molecule has 3 N–H and O–H groups in total. The van der Waals surface area contributed by atoms with Crippen LogP contribution in [0.15, 0.2) is 23.8 Å². The third kappa shape index (κ3) is 1.86. The van der Waals surface area contributed by atoms with Crippen LogP contribution in [0.1, 0.15) is 18.9 Å². The number of esters is 1. The SMILES string of the molecule is COC(=O)C12Oc3cccc(O)c3C(O)=C1C(=O)CC(C)C2O. The molecule has 7 heteroatoms. The van der Waals surface area contributed by atoms with Crippen LogP contribution in [-0.4, -0.2) is 45.9 Å². The number of fused-ring (bicyclic) bond motifs is 2. The summed E-state index contributed by atoms with van der Waals surface area (Å²) in [5.41, 5.74) is -2.62. The molecule has 122 valence electrons. The van der Waals surface area contributed by atoms with Gasteiger partial charge in [-0.3, -0.25) is 4.79 Å². The second kappa shape index (κ2) is 4.99. The smallest absolute Gasteiger partial charge is 0.358 e. The molecule has 1 aliphatic heterocycles. The maximum atomic E-state index is 12.4. The van der Waals surface area contributed by atoms with E-state index in [1.807, 2.05) is 0 Å². The number of hydrogen-bond donors (Lipinski definition) is 3. The normalized spacial score (nSPS) is 29.4. The van der Waals surface area contributed by atoms with E-state index in [1.165, 1.54) is 18.2 Å². The molecule has 23 heavy (non-hydrogen) atoms. The number of rotatable bonds is 1. The summed E-state index contributed by atoms with van der Waals surface area (Å²) < 4.78 is 10.4. The van der Waals surface area contributed by atoms with E-state index >= 15 is 0 Å². The minimum absolute atomic E-state index is 0.0161. The Labute approximate surface area is 131 Å². The third-order valence-corrected chi connectivity index (χ3v) is 4.35. The first-order chi connectivity index (χ1) is 10.8. The van der Waals surface area contributed by atoms with Crippen LogP contribution in [0.2, 0.25) is 0 Å². The lowest BCUT2D eigenvalue weighted by Crippen LogP contribution is -2.64. The number of phenols is 1. The molecule has 2 aliphatic rings. The Hall–Kier alpha value is -2.54. The summed E-state index contributed by atoms with van der Waals surface area (Å²) in [5, 5.41) is 31.0. The number of methoxy groups -OCH3 is 1. The number of Topliss-reactive ketones (excluding diaryl/α,β-unsaturated/α-hetero) is 1. The number of ether oxygens (including phenoxy) is 2. The van der Waals surface area contributed by atoms with E-state index in [9.17, 15) is 24.9 Å². The standard InChI is InChI=1S/C16H16O7/c1-7-6-9(18)12-13(19)11-8(17)4-3-5-10(11)23-16(12,14(7)20)15(21)22-2/h3-5,7,14,17,19-20H,6H2,1-2H3. The van der Waals surface area contributed by atoms with Gasteiger partial charge in [-0.15, -0.1) is 0 Å².